The second-order valence-electron chi connectivity index (χ2n) is 4.75. The summed E-state index contributed by atoms with van der Waals surface area (Å²) in [4.78, 5) is 15.3. The minimum Gasteiger partial charge on any atom is -0.446 e. The van der Waals surface area contributed by atoms with Crippen LogP contribution in [0.15, 0.2) is 16.9 Å². The Labute approximate surface area is 100.0 Å². The zero-order chi connectivity index (χ0) is 13.1. The highest BCUT2D eigenvalue weighted by Gasteiger charge is 2.24. The summed E-state index contributed by atoms with van der Waals surface area (Å²) in [6.07, 6.45) is 1.20. The Morgan fingerprint density at radius 3 is 2.71 bits per heavy atom. The van der Waals surface area contributed by atoms with E-state index in [0.29, 0.717) is 0 Å². The van der Waals surface area contributed by atoms with E-state index in [4.69, 9.17) is 9.15 Å². The third kappa shape index (κ3) is 4.44. The molecule has 1 rings (SSSR count). The Morgan fingerprint density at radius 1 is 1.59 bits per heavy atom. The zero-order valence-corrected chi connectivity index (χ0v) is 10.4. The summed E-state index contributed by atoms with van der Waals surface area (Å²) in [5.74, 6) is 0.161. The summed E-state index contributed by atoms with van der Waals surface area (Å²) in [7, 11) is 0. The minimum atomic E-state index is -1.00. The van der Waals surface area contributed by atoms with Gasteiger partial charge in [0.1, 0.15) is 18.0 Å². The van der Waals surface area contributed by atoms with Crippen molar-refractivity contribution < 1.29 is 19.1 Å². The highest BCUT2D eigenvalue weighted by molar-refractivity contribution is 5.68. The molecule has 0 radical (unpaired) electrons. The van der Waals surface area contributed by atoms with Crippen LogP contribution < -0.4 is 5.32 Å². The molecule has 0 aromatic carbocycles. The van der Waals surface area contributed by atoms with Crippen molar-refractivity contribution in [3.05, 3.63) is 18.4 Å². The van der Waals surface area contributed by atoms with Crippen LogP contribution in [0.4, 0.5) is 4.79 Å². The first kappa shape index (κ1) is 13.5. The smallest absolute Gasteiger partial charge is 0.407 e. The topological polar surface area (TPSA) is 84.6 Å². The normalized spacial score (nSPS) is 15.1. The van der Waals surface area contributed by atoms with Crippen LogP contribution in [0.25, 0.3) is 0 Å². The molecule has 0 fully saturated rings. The first-order chi connectivity index (χ1) is 7.79. The predicted octanol–water partition coefficient (Wildman–Crippen LogP) is 1.62. The third-order valence-electron chi connectivity index (χ3n) is 1.92. The number of ether oxygens (including phenoxy) is 1. The van der Waals surface area contributed by atoms with E-state index >= 15 is 0 Å². The van der Waals surface area contributed by atoms with E-state index in [1.165, 1.54) is 12.5 Å². The van der Waals surface area contributed by atoms with Crippen LogP contribution in [-0.2, 0) is 4.74 Å². The van der Waals surface area contributed by atoms with Crippen LogP contribution in [0.2, 0.25) is 0 Å². The molecule has 0 aliphatic carbocycles. The zero-order valence-electron chi connectivity index (χ0n) is 10.4. The number of alkyl carbamates (subject to hydrolysis) is 1. The molecule has 1 amide bonds. The number of oxazole rings is 1. The highest BCUT2D eigenvalue weighted by atomic mass is 16.6. The molecule has 2 N–H and O–H groups in total. The fourth-order valence-electron chi connectivity index (χ4n) is 1.17. The lowest BCUT2D eigenvalue weighted by atomic mass is 10.2. The van der Waals surface area contributed by atoms with Gasteiger partial charge in [0.25, 0.3) is 0 Å². The molecule has 0 aliphatic heterocycles. The van der Waals surface area contributed by atoms with Gasteiger partial charge in [0.15, 0.2) is 0 Å². The highest BCUT2D eigenvalue weighted by Crippen LogP contribution is 2.15. The van der Waals surface area contributed by atoms with Crippen molar-refractivity contribution >= 4 is 6.09 Å². The second kappa shape index (κ2) is 5.18. The first-order valence-electron chi connectivity index (χ1n) is 5.36. The summed E-state index contributed by atoms with van der Waals surface area (Å²) in [6.45, 7) is 6.93. The van der Waals surface area contributed by atoms with Gasteiger partial charge in [0.2, 0.25) is 5.89 Å². The van der Waals surface area contributed by atoms with Gasteiger partial charge in [-0.3, -0.25) is 0 Å². The van der Waals surface area contributed by atoms with Crippen LogP contribution >= 0.6 is 0 Å². The van der Waals surface area contributed by atoms with Gasteiger partial charge in [-0.1, -0.05) is 0 Å². The van der Waals surface area contributed by atoms with Gasteiger partial charge in [-0.05, 0) is 27.7 Å². The van der Waals surface area contributed by atoms with E-state index in [-0.39, 0.29) is 5.89 Å². The molecule has 0 aliphatic rings. The molecule has 6 nitrogen and oxygen atoms in total. The molecule has 1 unspecified atom stereocenters. The molecule has 1 aromatic heterocycles. The number of rotatable bonds is 3. The molecule has 0 bridgehead atoms. The number of hydrogen-bond donors (Lipinski definition) is 2. The van der Waals surface area contributed by atoms with Crippen molar-refractivity contribution in [2.24, 2.45) is 0 Å². The van der Waals surface area contributed by atoms with Crippen molar-refractivity contribution in [2.75, 3.05) is 0 Å². The molecule has 1 aromatic rings. The standard InChI is InChI=1S/C11H18N2O4/c1-7(8(14)9-12-5-6-16-9)13-10(15)17-11(2,3)4/h5-8,14H,1-4H3,(H,13,15)/t7?,8-/m0/s1. The molecular formula is C11H18N2O4. The van der Waals surface area contributed by atoms with Gasteiger partial charge >= 0.3 is 6.09 Å². The maximum Gasteiger partial charge on any atom is 0.407 e. The average Bonchev–Trinajstić information content (AvgIpc) is 2.65. The van der Waals surface area contributed by atoms with E-state index in [9.17, 15) is 9.90 Å². The van der Waals surface area contributed by atoms with E-state index < -0.39 is 23.8 Å². The predicted molar refractivity (Wildman–Crippen MR) is 60.3 cm³/mol. The van der Waals surface area contributed by atoms with Gasteiger partial charge < -0.3 is 19.6 Å². The van der Waals surface area contributed by atoms with Crippen LogP contribution in [0, 0.1) is 0 Å². The van der Waals surface area contributed by atoms with Gasteiger partial charge in [-0.25, -0.2) is 9.78 Å². The first-order valence-corrected chi connectivity index (χ1v) is 5.36. The maximum absolute atomic E-state index is 11.4. The number of aliphatic hydroxyl groups is 1. The molecule has 17 heavy (non-hydrogen) atoms. The fraction of sp³-hybridized carbons (Fsp3) is 0.636. The number of carbonyl (C=O) groups excluding carboxylic acids is 1. The van der Waals surface area contributed by atoms with Crippen LogP contribution in [0.5, 0.6) is 0 Å². The summed E-state index contributed by atoms with van der Waals surface area (Å²) >= 11 is 0. The number of aromatic nitrogens is 1. The van der Waals surface area contributed by atoms with Crippen LogP contribution in [0.1, 0.15) is 39.7 Å². The van der Waals surface area contributed by atoms with Gasteiger partial charge in [-0.15, -0.1) is 0 Å². The van der Waals surface area contributed by atoms with Crippen LogP contribution in [-0.4, -0.2) is 27.8 Å². The fourth-order valence-corrected chi connectivity index (χ4v) is 1.17. The number of nitrogens with zero attached hydrogens (tertiary/aromatic N) is 1. The molecule has 96 valence electrons. The third-order valence-corrected chi connectivity index (χ3v) is 1.92. The van der Waals surface area contributed by atoms with E-state index in [2.05, 4.69) is 10.3 Å². The quantitative estimate of drug-likeness (QED) is 0.841. The molecule has 1 heterocycles. The molecule has 0 saturated heterocycles. The van der Waals surface area contributed by atoms with Gasteiger partial charge in [-0.2, -0.15) is 0 Å². The Balaban J connectivity index is 2.49. The summed E-state index contributed by atoms with van der Waals surface area (Å²) in [5, 5.41) is 12.3. The lowest BCUT2D eigenvalue weighted by molar-refractivity contribution is 0.0408. The van der Waals surface area contributed by atoms with Crippen molar-refractivity contribution in [3.8, 4) is 0 Å². The minimum absolute atomic E-state index is 0.161. The molecular weight excluding hydrogens is 224 g/mol. The number of hydrogen-bond acceptors (Lipinski definition) is 5. The second-order valence-corrected chi connectivity index (χ2v) is 4.75. The molecule has 0 spiro atoms. The molecule has 0 saturated carbocycles. The lowest BCUT2D eigenvalue weighted by Gasteiger charge is -2.23. The van der Waals surface area contributed by atoms with Crippen LogP contribution in [0.3, 0.4) is 0 Å². The van der Waals surface area contributed by atoms with E-state index in [1.54, 1.807) is 27.7 Å². The number of aliphatic hydroxyl groups excluding tert-OH is 1. The average molecular weight is 242 g/mol. The number of nitrogens with one attached hydrogen (secondary N) is 1. The summed E-state index contributed by atoms with van der Waals surface area (Å²) in [6, 6.07) is -0.552. The lowest BCUT2D eigenvalue weighted by Crippen LogP contribution is -2.40. The maximum atomic E-state index is 11.4. The van der Waals surface area contributed by atoms with Gasteiger partial charge in [0.05, 0.1) is 12.2 Å². The summed E-state index contributed by atoms with van der Waals surface area (Å²) in [5.41, 5.74) is -0.572. The Morgan fingerprint density at radius 2 is 2.24 bits per heavy atom. The van der Waals surface area contributed by atoms with Crippen molar-refractivity contribution in [3.63, 3.8) is 0 Å². The number of amides is 1. The van der Waals surface area contributed by atoms with Crippen molar-refractivity contribution in [2.45, 2.75) is 45.4 Å². The number of carbonyl (C=O) groups is 1. The van der Waals surface area contributed by atoms with E-state index in [0.717, 1.165) is 0 Å². The SMILES string of the molecule is CC(NC(=O)OC(C)(C)C)[C@H](O)c1ncco1. The summed E-state index contributed by atoms with van der Waals surface area (Å²) < 4.78 is 10.0. The Kier molecular flexibility index (Phi) is 4.11. The molecule has 6 heteroatoms. The van der Waals surface area contributed by atoms with E-state index in [1.807, 2.05) is 0 Å². The monoisotopic (exact) mass is 242 g/mol. The van der Waals surface area contributed by atoms with Crippen molar-refractivity contribution in [1.82, 2.24) is 10.3 Å². The Hall–Kier alpha value is -1.56. The van der Waals surface area contributed by atoms with Crippen molar-refractivity contribution in [1.29, 1.82) is 0 Å². The van der Waals surface area contributed by atoms with Gasteiger partial charge in [0, 0.05) is 0 Å². The largest absolute Gasteiger partial charge is 0.446 e. The Bertz CT molecular complexity index is 356. The molecule has 2 atom stereocenters.